The molecule has 4 rings (SSSR count). The van der Waals surface area contributed by atoms with Crippen LogP contribution in [0.2, 0.25) is 0 Å². The second kappa shape index (κ2) is 11.4. The topological polar surface area (TPSA) is 74.8 Å². The van der Waals surface area contributed by atoms with Crippen molar-refractivity contribution in [2.24, 2.45) is 0 Å². The van der Waals surface area contributed by atoms with E-state index in [1.807, 2.05) is 46.8 Å². The standard InChI is InChI=1S/C24H28N4O3S2/c1-2-31-20-7-5-18(6-8-20)16-27-9-11-28(12-10-27)23(30)14-19-17-33-24(25-19)26-22(29)15-21-4-3-13-32-21/h3-8,13,17H,2,9-12,14-16H2,1H3,(H,25,26,29). The van der Waals surface area contributed by atoms with Crippen molar-refractivity contribution < 1.29 is 14.3 Å². The number of hydrogen-bond acceptors (Lipinski definition) is 7. The Morgan fingerprint density at radius 3 is 2.55 bits per heavy atom. The van der Waals surface area contributed by atoms with Crippen molar-refractivity contribution in [1.82, 2.24) is 14.8 Å². The van der Waals surface area contributed by atoms with E-state index < -0.39 is 0 Å². The molecule has 2 amide bonds. The minimum absolute atomic E-state index is 0.0810. The van der Waals surface area contributed by atoms with Gasteiger partial charge in [0.25, 0.3) is 0 Å². The molecule has 0 radical (unpaired) electrons. The average Bonchev–Trinajstić information content (AvgIpc) is 3.48. The quantitative estimate of drug-likeness (QED) is 0.502. The lowest BCUT2D eigenvalue weighted by Crippen LogP contribution is -2.48. The van der Waals surface area contributed by atoms with Gasteiger partial charge in [-0.15, -0.1) is 22.7 Å². The van der Waals surface area contributed by atoms with Crippen LogP contribution in [0.25, 0.3) is 0 Å². The number of hydrogen-bond donors (Lipinski definition) is 1. The molecule has 174 valence electrons. The number of thiazole rings is 1. The number of rotatable bonds is 9. The van der Waals surface area contributed by atoms with Crippen molar-refractivity contribution in [3.63, 3.8) is 0 Å². The van der Waals surface area contributed by atoms with E-state index in [2.05, 4.69) is 27.3 Å². The highest BCUT2D eigenvalue weighted by Crippen LogP contribution is 2.19. The van der Waals surface area contributed by atoms with E-state index in [1.165, 1.54) is 16.9 Å². The van der Waals surface area contributed by atoms with Crippen LogP contribution in [0, 0.1) is 0 Å². The van der Waals surface area contributed by atoms with Crippen molar-refractivity contribution >= 4 is 39.6 Å². The van der Waals surface area contributed by atoms with E-state index in [-0.39, 0.29) is 18.2 Å². The molecule has 3 aromatic rings. The van der Waals surface area contributed by atoms with E-state index >= 15 is 0 Å². The molecule has 1 aliphatic rings. The SMILES string of the molecule is CCOc1ccc(CN2CCN(C(=O)Cc3csc(NC(=O)Cc4cccs4)n3)CC2)cc1. The molecule has 0 bridgehead atoms. The van der Waals surface area contributed by atoms with Gasteiger partial charge in [0.15, 0.2) is 5.13 Å². The highest BCUT2D eigenvalue weighted by atomic mass is 32.1. The molecule has 0 unspecified atom stereocenters. The summed E-state index contributed by atoms with van der Waals surface area (Å²) in [5.41, 5.74) is 1.95. The lowest BCUT2D eigenvalue weighted by molar-refractivity contribution is -0.132. The number of carbonyl (C=O) groups is 2. The summed E-state index contributed by atoms with van der Waals surface area (Å²) < 4.78 is 5.50. The van der Waals surface area contributed by atoms with Crippen molar-refractivity contribution in [2.45, 2.75) is 26.3 Å². The highest BCUT2D eigenvalue weighted by Gasteiger charge is 2.22. The molecule has 1 fully saturated rings. The molecule has 1 aliphatic heterocycles. The number of piperazine rings is 1. The maximum atomic E-state index is 12.7. The summed E-state index contributed by atoms with van der Waals surface area (Å²) in [4.78, 5) is 34.6. The fourth-order valence-corrected chi connectivity index (χ4v) is 5.15. The minimum Gasteiger partial charge on any atom is -0.494 e. The molecule has 2 aromatic heterocycles. The summed E-state index contributed by atoms with van der Waals surface area (Å²) in [6.45, 7) is 6.64. The first kappa shape index (κ1) is 23.4. The summed E-state index contributed by atoms with van der Waals surface area (Å²) in [5, 5.41) is 7.17. The van der Waals surface area contributed by atoms with Gasteiger partial charge in [0.2, 0.25) is 11.8 Å². The molecular weight excluding hydrogens is 456 g/mol. The van der Waals surface area contributed by atoms with Crippen LogP contribution < -0.4 is 10.1 Å². The van der Waals surface area contributed by atoms with Gasteiger partial charge in [0, 0.05) is 43.0 Å². The Morgan fingerprint density at radius 1 is 1.06 bits per heavy atom. The second-order valence-electron chi connectivity index (χ2n) is 7.86. The lowest BCUT2D eigenvalue weighted by atomic mass is 10.2. The Balaban J connectivity index is 1.20. The van der Waals surface area contributed by atoms with Gasteiger partial charge in [-0.05, 0) is 36.1 Å². The van der Waals surface area contributed by atoms with Crippen LogP contribution in [0.5, 0.6) is 5.75 Å². The largest absolute Gasteiger partial charge is 0.494 e. The predicted octanol–water partition coefficient (Wildman–Crippen LogP) is 3.67. The second-order valence-corrected chi connectivity index (χ2v) is 9.75. The highest BCUT2D eigenvalue weighted by molar-refractivity contribution is 7.14. The van der Waals surface area contributed by atoms with Gasteiger partial charge in [-0.2, -0.15) is 0 Å². The monoisotopic (exact) mass is 484 g/mol. The summed E-state index contributed by atoms with van der Waals surface area (Å²) in [5.74, 6) is 0.884. The van der Waals surface area contributed by atoms with Gasteiger partial charge < -0.3 is 15.0 Å². The van der Waals surface area contributed by atoms with Crippen LogP contribution in [0.15, 0.2) is 47.2 Å². The Labute approximate surface area is 202 Å². The van der Waals surface area contributed by atoms with Crippen molar-refractivity contribution in [3.8, 4) is 5.75 Å². The van der Waals surface area contributed by atoms with Gasteiger partial charge in [-0.3, -0.25) is 14.5 Å². The molecule has 0 saturated carbocycles. The van der Waals surface area contributed by atoms with Gasteiger partial charge in [0.05, 0.1) is 25.1 Å². The number of nitrogens with zero attached hydrogens (tertiary/aromatic N) is 3. The normalized spacial score (nSPS) is 14.3. The molecule has 9 heteroatoms. The number of nitrogens with one attached hydrogen (secondary N) is 1. The minimum atomic E-state index is -0.0895. The van der Waals surface area contributed by atoms with Crippen LogP contribution in [-0.2, 0) is 29.0 Å². The van der Waals surface area contributed by atoms with Gasteiger partial charge in [-0.1, -0.05) is 18.2 Å². The molecule has 1 saturated heterocycles. The van der Waals surface area contributed by atoms with Crippen LogP contribution >= 0.6 is 22.7 Å². The van der Waals surface area contributed by atoms with E-state index in [1.54, 1.807) is 11.3 Å². The van der Waals surface area contributed by atoms with Crippen molar-refractivity contribution in [1.29, 1.82) is 0 Å². The molecule has 3 heterocycles. The third-order valence-electron chi connectivity index (χ3n) is 5.41. The smallest absolute Gasteiger partial charge is 0.231 e. The number of thiophene rings is 1. The van der Waals surface area contributed by atoms with Crippen LogP contribution in [0.4, 0.5) is 5.13 Å². The Kier molecular flexibility index (Phi) is 8.09. The molecule has 33 heavy (non-hydrogen) atoms. The van der Waals surface area contributed by atoms with E-state index in [4.69, 9.17) is 4.74 Å². The summed E-state index contributed by atoms with van der Waals surface area (Å²) in [7, 11) is 0. The van der Waals surface area contributed by atoms with Gasteiger partial charge >= 0.3 is 0 Å². The van der Waals surface area contributed by atoms with Crippen LogP contribution in [-0.4, -0.2) is 59.4 Å². The van der Waals surface area contributed by atoms with E-state index in [0.717, 1.165) is 30.3 Å². The maximum absolute atomic E-state index is 12.7. The fraction of sp³-hybridized carbons (Fsp3) is 0.375. The van der Waals surface area contributed by atoms with Crippen LogP contribution in [0.1, 0.15) is 23.1 Å². The third kappa shape index (κ3) is 6.86. The first-order valence-electron chi connectivity index (χ1n) is 11.1. The van der Waals surface area contributed by atoms with Gasteiger partial charge in [-0.25, -0.2) is 4.98 Å². The van der Waals surface area contributed by atoms with E-state index in [0.29, 0.717) is 36.9 Å². The number of aromatic nitrogens is 1. The zero-order chi connectivity index (χ0) is 23.0. The first-order valence-corrected chi connectivity index (χ1v) is 12.8. The van der Waals surface area contributed by atoms with Crippen molar-refractivity contribution in [2.75, 3.05) is 38.1 Å². The third-order valence-corrected chi connectivity index (χ3v) is 7.09. The lowest BCUT2D eigenvalue weighted by Gasteiger charge is -2.34. The summed E-state index contributed by atoms with van der Waals surface area (Å²) in [6, 6.07) is 12.1. The number of anilines is 1. The van der Waals surface area contributed by atoms with Crippen molar-refractivity contribution in [3.05, 3.63) is 63.3 Å². The molecule has 0 aliphatic carbocycles. The van der Waals surface area contributed by atoms with Crippen LogP contribution in [0.3, 0.4) is 0 Å². The molecule has 7 nitrogen and oxygen atoms in total. The number of amides is 2. The maximum Gasteiger partial charge on any atom is 0.231 e. The van der Waals surface area contributed by atoms with Gasteiger partial charge in [0.1, 0.15) is 5.75 Å². The average molecular weight is 485 g/mol. The number of benzene rings is 1. The molecule has 1 N–H and O–H groups in total. The van der Waals surface area contributed by atoms with E-state index in [9.17, 15) is 9.59 Å². The fourth-order valence-electron chi connectivity index (χ4n) is 3.72. The summed E-state index contributed by atoms with van der Waals surface area (Å²) in [6.07, 6.45) is 0.600. The number of carbonyl (C=O) groups excluding carboxylic acids is 2. The molecule has 1 aromatic carbocycles. The summed E-state index contributed by atoms with van der Waals surface area (Å²) >= 11 is 2.91. The Bertz CT molecular complexity index is 1040. The Morgan fingerprint density at radius 2 is 1.85 bits per heavy atom. The zero-order valence-corrected chi connectivity index (χ0v) is 20.3. The predicted molar refractivity (Wildman–Crippen MR) is 132 cm³/mol. The molecule has 0 atom stereocenters. The molecular formula is C24H28N4O3S2. The first-order chi connectivity index (χ1) is 16.1. The Hall–Kier alpha value is -2.75. The zero-order valence-electron chi connectivity index (χ0n) is 18.7. The molecule has 0 spiro atoms. The number of ether oxygens (including phenoxy) is 1.